The second kappa shape index (κ2) is 12.7. The molecule has 0 amide bonds. The van der Waals surface area contributed by atoms with Crippen molar-refractivity contribution in [2.45, 2.75) is 45.3 Å². The molecule has 5 rings (SSSR count). The number of ether oxygens (including phenoxy) is 3. The van der Waals surface area contributed by atoms with Gasteiger partial charge in [-0.1, -0.05) is 12.1 Å². The lowest BCUT2D eigenvalue weighted by Crippen LogP contribution is -2.41. The van der Waals surface area contributed by atoms with Gasteiger partial charge in [-0.05, 0) is 76.1 Å². The number of nitrogens with zero attached hydrogens (tertiary/aromatic N) is 5. The molecular formula is C31H34N6O5. The molecule has 218 valence electrons. The van der Waals surface area contributed by atoms with Crippen LogP contribution >= 0.6 is 0 Å². The van der Waals surface area contributed by atoms with E-state index in [0.717, 1.165) is 42.3 Å². The third kappa shape index (κ3) is 7.03. The number of para-hydroxylation sites is 2. The van der Waals surface area contributed by atoms with E-state index in [0.29, 0.717) is 36.4 Å². The minimum absolute atomic E-state index is 0.00446. The van der Waals surface area contributed by atoms with Crippen molar-refractivity contribution in [3.63, 3.8) is 0 Å². The zero-order valence-electron chi connectivity index (χ0n) is 23.9. The summed E-state index contributed by atoms with van der Waals surface area (Å²) in [6.45, 7) is 7.07. The van der Waals surface area contributed by atoms with Gasteiger partial charge in [0, 0.05) is 18.3 Å². The standard InChI is InChI=1S/C31H34N6O5/c1-4-40-24-9-5-6-10-25(24)41-23-8-7-17-37(20-23)28-19-32-18-27(35-28)34-26-15-16-33-29(36-26)21-11-13-22(14-12-21)42-31(2,3)30(38)39/h5-6,9-16,18-19,23H,4,7-8,17,20H2,1-3H3,(H,38,39)(H,33,34,35,36)/t23-/m1/s1. The summed E-state index contributed by atoms with van der Waals surface area (Å²) in [6.07, 6.45) is 6.96. The number of carboxylic acid groups (broad SMARTS) is 1. The summed E-state index contributed by atoms with van der Waals surface area (Å²) in [7, 11) is 0. The van der Waals surface area contributed by atoms with Gasteiger partial charge in [0.25, 0.3) is 0 Å². The molecule has 11 heteroatoms. The Hall–Kier alpha value is -4.93. The van der Waals surface area contributed by atoms with Crippen LogP contribution in [0.3, 0.4) is 0 Å². The summed E-state index contributed by atoms with van der Waals surface area (Å²) in [4.78, 5) is 31.7. The molecule has 3 heterocycles. The van der Waals surface area contributed by atoms with Crippen molar-refractivity contribution in [1.82, 2.24) is 19.9 Å². The van der Waals surface area contributed by atoms with Gasteiger partial charge >= 0.3 is 5.97 Å². The summed E-state index contributed by atoms with van der Waals surface area (Å²) in [6, 6.07) is 16.5. The van der Waals surface area contributed by atoms with Crippen LogP contribution in [0.25, 0.3) is 11.4 Å². The average Bonchev–Trinajstić information content (AvgIpc) is 2.99. The SMILES string of the molecule is CCOc1ccccc1O[C@@H]1CCCN(c2cncc(Nc3ccnc(-c4ccc(OC(C)(C)C(=O)O)cc4)n3)n2)C1. The van der Waals surface area contributed by atoms with Gasteiger partial charge in [0.15, 0.2) is 28.7 Å². The summed E-state index contributed by atoms with van der Waals surface area (Å²) in [5.74, 6) is 3.26. The van der Waals surface area contributed by atoms with Gasteiger partial charge in [-0.25, -0.2) is 19.7 Å². The van der Waals surface area contributed by atoms with E-state index in [4.69, 9.17) is 19.2 Å². The molecule has 4 aromatic rings. The van der Waals surface area contributed by atoms with Crippen LogP contribution < -0.4 is 24.4 Å². The zero-order valence-corrected chi connectivity index (χ0v) is 23.9. The normalized spacial score (nSPS) is 15.1. The molecule has 1 fully saturated rings. The topological polar surface area (TPSA) is 132 Å². The minimum Gasteiger partial charge on any atom is -0.490 e. The number of nitrogens with one attached hydrogen (secondary N) is 1. The Morgan fingerprint density at radius 1 is 1.05 bits per heavy atom. The summed E-state index contributed by atoms with van der Waals surface area (Å²) in [5, 5.41) is 12.5. The molecule has 2 N–H and O–H groups in total. The molecule has 0 spiro atoms. The number of aromatic nitrogens is 4. The van der Waals surface area contributed by atoms with E-state index in [1.807, 2.05) is 31.2 Å². The fraction of sp³-hybridized carbons (Fsp3) is 0.323. The maximum absolute atomic E-state index is 11.4. The Morgan fingerprint density at radius 2 is 1.83 bits per heavy atom. The predicted octanol–water partition coefficient (Wildman–Crippen LogP) is 5.37. The highest BCUT2D eigenvalue weighted by atomic mass is 16.5. The summed E-state index contributed by atoms with van der Waals surface area (Å²) >= 11 is 0. The first-order chi connectivity index (χ1) is 20.3. The van der Waals surface area contributed by atoms with Crippen LogP contribution in [0.1, 0.15) is 33.6 Å². The summed E-state index contributed by atoms with van der Waals surface area (Å²) < 4.78 is 17.6. The maximum atomic E-state index is 11.4. The van der Waals surface area contributed by atoms with Crippen molar-refractivity contribution in [1.29, 1.82) is 0 Å². The average molecular weight is 571 g/mol. The molecule has 1 aliphatic rings. The van der Waals surface area contributed by atoms with Crippen molar-refractivity contribution in [2.75, 3.05) is 29.9 Å². The van der Waals surface area contributed by atoms with E-state index in [2.05, 4.69) is 25.2 Å². The monoisotopic (exact) mass is 570 g/mol. The fourth-order valence-corrected chi connectivity index (χ4v) is 4.52. The van der Waals surface area contributed by atoms with E-state index in [1.54, 1.807) is 48.9 Å². The third-order valence-electron chi connectivity index (χ3n) is 6.68. The smallest absolute Gasteiger partial charge is 0.347 e. The van der Waals surface area contributed by atoms with Crippen LogP contribution in [0, 0.1) is 0 Å². The van der Waals surface area contributed by atoms with Crippen molar-refractivity contribution < 1.29 is 24.1 Å². The summed E-state index contributed by atoms with van der Waals surface area (Å²) in [5.41, 5.74) is -0.585. The Morgan fingerprint density at radius 3 is 2.60 bits per heavy atom. The highest BCUT2D eigenvalue weighted by Crippen LogP contribution is 2.30. The number of piperidine rings is 1. The molecule has 1 atom stereocenters. The second-order valence-corrected chi connectivity index (χ2v) is 10.3. The number of carbonyl (C=O) groups is 1. The Bertz CT molecular complexity index is 1510. The number of hydrogen-bond acceptors (Lipinski definition) is 10. The molecule has 2 aromatic heterocycles. The highest BCUT2D eigenvalue weighted by molar-refractivity contribution is 5.76. The van der Waals surface area contributed by atoms with Crippen LogP contribution in [0.2, 0.25) is 0 Å². The Kier molecular flexibility index (Phi) is 8.66. The molecule has 42 heavy (non-hydrogen) atoms. The van der Waals surface area contributed by atoms with Crippen LogP contribution in [0.4, 0.5) is 17.5 Å². The Balaban J connectivity index is 1.25. The van der Waals surface area contributed by atoms with Crippen molar-refractivity contribution in [2.24, 2.45) is 0 Å². The second-order valence-electron chi connectivity index (χ2n) is 10.3. The minimum atomic E-state index is -1.34. The quantitative estimate of drug-likeness (QED) is 0.241. The maximum Gasteiger partial charge on any atom is 0.347 e. The first-order valence-corrected chi connectivity index (χ1v) is 13.9. The first kappa shape index (κ1) is 28.6. The highest BCUT2D eigenvalue weighted by Gasteiger charge is 2.29. The number of benzene rings is 2. The molecule has 0 bridgehead atoms. The van der Waals surface area contributed by atoms with E-state index < -0.39 is 11.6 Å². The molecule has 0 saturated carbocycles. The zero-order chi connectivity index (χ0) is 29.5. The number of aliphatic carboxylic acids is 1. The predicted molar refractivity (Wildman–Crippen MR) is 159 cm³/mol. The molecule has 0 aliphatic carbocycles. The number of anilines is 3. The van der Waals surface area contributed by atoms with Crippen LogP contribution in [0.5, 0.6) is 17.2 Å². The fourth-order valence-electron chi connectivity index (χ4n) is 4.52. The molecule has 1 saturated heterocycles. The van der Waals surface area contributed by atoms with E-state index >= 15 is 0 Å². The number of carboxylic acids is 1. The van der Waals surface area contributed by atoms with Gasteiger partial charge in [0.1, 0.15) is 23.5 Å². The van der Waals surface area contributed by atoms with Crippen LogP contribution in [-0.2, 0) is 4.79 Å². The van der Waals surface area contributed by atoms with Gasteiger partial charge in [-0.2, -0.15) is 0 Å². The molecule has 11 nitrogen and oxygen atoms in total. The van der Waals surface area contributed by atoms with Crippen molar-refractivity contribution >= 4 is 23.4 Å². The molecular weight excluding hydrogens is 536 g/mol. The lowest BCUT2D eigenvalue weighted by molar-refractivity contribution is -0.152. The Labute approximate surface area is 244 Å². The molecule has 1 aliphatic heterocycles. The van der Waals surface area contributed by atoms with Gasteiger partial charge in [-0.3, -0.25) is 4.98 Å². The molecule has 2 aromatic carbocycles. The van der Waals surface area contributed by atoms with E-state index in [1.165, 1.54) is 13.8 Å². The van der Waals surface area contributed by atoms with Gasteiger partial charge in [-0.15, -0.1) is 0 Å². The molecule has 0 radical (unpaired) electrons. The lowest BCUT2D eigenvalue weighted by atomic mass is 10.1. The van der Waals surface area contributed by atoms with Gasteiger partial charge in [0.05, 0.1) is 25.5 Å². The third-order valence-corrected chi connectivity index (χ3v) is 6.68. The number of rotatable bonds is 11. The molecule has 0 unspecified atom stereocenters. The van der Waals surface area contributed by atoms with Gasteiger partial charge in [0.2, 0.25) is 0 Å². The number of hydrogen-bond donors (Lipinski definition) is 2. The first-order valence-electron chi connectivity index (χ1n) is 13.9. The lowest BCUT2D eigenvalue weighted by Gasteiger charge is -2.33. The van der Waals surface area contributed by atoms with Gasteiger partial charge < -0.3 is 29.5 Å². The van der Waals surface area contributed by atoms with Crippen LogP contribution in [-0.4, -0.2) is 62.4 Å². The van der Waals surface area contributed by atoms with E-state index in [-0.39, 0.29) is 6.10 Å². The van der Waals surface area contributed by atoms with E-state index in [9.17, 15) is 9.90 Å². The van der Waals surface area contributed by atoms with Crippen molar-refractivity contribution in [3.8, 4) is 28.6 Å². The van der Waals surface area contributed by atoms with Crippen LogP contribution in [0.15, 0.2) is 73.2 Å². The largest absolute Gasteiger partial charge is 0.490 e. The van der Waals surface area contributed by atoms with Crippen molar-refractivity contribution in [3.05, 3.63) is 73.2 Å².